The largest absolute Gasteiger partial charge is 0.378 e. The van der Waals surface area contributed by atoms with Crippen LogP contribution >= 0.6 is 0 Å². The molecule has 9 heteroatoms. The van der Waals surface area contributed by atoms with Gasteiger partial charge in [0.05, 0.1) is 16.4 Å². The lowest BCUT2D eigenvalue weighted by Gasteiger charge is -2.33. The maximum absolute atomic E-state index is 14.0. The SMILES string of the molecule is Cn1c2ccccc2n2c3nc(N4CCC(NC(=O)c5ccccc5)CC4)ccc3c(=O)c(NCCN3CCCC3)c12. The third-order valence-electron chi connectivity index (χ3n) is 8.90. The van der Waals surface area contributed by atoms with Gasteiger partial charge in [0.1, 0.15) is 17.2 Å². The number of fused-ring (bicyclic) bond motifs is 5. The van der Waals surface area contributed by atoms with Crippen molar-refractivity contribution >= 4 is 45.1 Å². The molecule has 5 aromatic rings. The molecule has 1 amide bonds. The zero-order chi connectivity index (χ0) is 28.6. The van der Waals surface area contributed by atoms with E-state index in [1.165, 1.54) is 12.8 Å². The van der Waals surface area contributed by atoms with Gasteiger partial charge >= 0.3 is 0 Å². The summed E-state index contributed by atoms with van der Waals surface area (Å²) in [6, 6.07) is 21.6. The number of nitrogens with one attached hydrogen (secondary N) is 2. The molecular formula is C33H37N7O2. The maximum Gasteiger partial charge on any atom is 0.251 e. The minimum atomic E-state index is -0.0274. The molecule has 0 aliphatic carbocycles. The van der Waals surface area contributed by atoms with Crippen LogP contribution in [0.4, 0.5) is 11.5 Å². The molecule has 0 spiro atoms. The third-order valence-corrected chi connectivity index (χ3v) is 8.90. The highest BCUT2D eigenvalue weighted by Gasteiger charge is 2.24. The summed E-state index contributed by atoms with van der Waals surface area (Å²) in [5.41, 5.74) is 4.88. The van der Waals surface area contributed by atoms with Gasteiger partial charge < -0.3 is 25.0 Å². The molecule has 0 unspecified atom stereocenters. The van der Waals surface area contributed by atoms with Gasteiger partial charge in [-0.3, -0.25) is 14.0 Å². The van der Waals surface area contributed by atoms with Gasteiger partial charge in [0.15, 0.2) is 5.65 Å². The number of likely N-dealkylation sites (tertiary alicyclic amines) is 1. The fourth-order valence-corrected chi connectivity index (χ4v) is 6.62. The Morgan fingerprint density at radius 1 is 0.905 bits per heavy atom. The molecule has 0 radical (unpaired) electrons. The van der Waals surface area contributed by atoms with Crippen LogP contribution in [0.3, 0.4) is 0 Å². The van der Waals surface area contributed by atoms with Crippen LogP contribution in [0.2, 0.25) is 0 Å². The van der Waals surface area contributed by atoms with E-state index in [1.807, 2.05) is 61.6 Å². The Morgan fingerprint density at radius 3 is 2.38 bits per heavy atom. The van der Waals surface area contributed by atoms with Gasteiger partial charge in [-0.25, -0.2) is 4.98 Å². The molecule has 2 saturated heterocycles. The number of imidazole rings is 1. The molecule has 0 bridgehead atoms. The maximum atomic E-state index is 14.0. The van der Waals surface area contributed by atoms with E-state index < -0.39 is 0 Å². The van der Waals surface area contributed by atoms with Gasteiger partial charge in [-0.1, -0.05) is 30.3 Å². The number of hydrogen-bond donors (Lipinski definition) is 2. The number of carbonyl (C=O) groups excluding carboxylic acids is 1. The number of benzene rings is 2. The van der Waals surface area contributed by atoms with Crippen molar-refractivity contribution in [2.75, 3.05) is 49.5 Å². The van der Waals surface area contributed by atoms with E-state index in [0.29, 0.717) is 22.3 Å². The van der Waals surface area contributed by atoms with Crippen LogP contribution in [0, 0.1) is 0 Å². The van der Waals surface area contributed by atoms with Crippen molar-refractivity contribution in [3.63, 3.8) is 0 Å². The first kappa shape index (κ1) is 26.5. The molecule has 2 aliphatic rings. The van der Waals surface area contributed by atoms with E-state index in [9.17, 15) is 9.59 Å². The normalized spacial score (nSPS) is 16.5. The summed E-state index contributed by atoms with van der Waals surface area (Å²) in [5, 5.41) is 7.32. The number of para-hydroxylation sites is 2. The number of piperidine rings is 1. The van der Waals surface area contributed by atoms with E-state index >= 15 is 0 Å². The Kier molecular flexibility index (Phi) is 7.03. The standard InChI is InChI=1S/C33H37N7O2/c1-37-26-11-5-6-12-27(26)40-31-25(30(41)29(33(37)40)34-17-22-38-18-7-8-19-38)13-14-28(36-31)39-20-15-24(16-21-39)35-32(42)23-9-3-2-4-10-23/h2-6,9-14,24,34H,7-8,15-22H2,1H3,(H,35,42). The van der Waals surface area contributed by atoms with Gasteiger partial charge in [-0.2, -0.15) is 0 Å². The van der Waals surface area contributed by atoms with Crippen LogP contribution in [0.15, 0.2) is 71.5 Å². The number of amides is 1. The average Bonchev–Trinajstić information content (AvgIpc) is 3.66. The second-order valence-corrected chi connectivity index (χ2v) is 11.5. The van der Waals surface area contributed by atoms with E-state index in [-0.39, 0.29) is 17.4 Å². The van der Waals surface area contributed by atoms with Crippen LogP contribution < -0.4 is 21.0 Å². The highest BCUT2D eigenvalue weighted by atomic mass is 16.1. The second-order valence-electron chi connectivity index (χ2n) is 11.5. The van der Waals surface area contributed by atoms with Crippen molar-refractivity contribution in [1.29, 1.82) is 0 Å². The van der Waals surface area contributed by atoms with Crippen LogP contribution in [0.25, 0.3) is 27.7 Å². The number of carbonyl (C=O) groups is 1. The minimum absolute atomic E-state index is 0.0151. The Bertz CT molecular complexity index is 1810. The van der Waals surface area contributed by atoms with E-state index in [0.717, 1.165) is 74.6 Å². The fourth-order valence-electron chi connectivity index (χ4n) is 6.62. The lowest BCUT2D eigenvalue weighted by Crippen LogP contribution is -2.45. The van der Waals surface area contributed by atoms with Gasteiger partial charge in [-0.05, 0) is 75.2 Å². The Labute approximate surface area is 244 Å². The van der Waals surface area contributed by atoms with Crippen LogP contribution in [0.1, 0.15) is 36.0 Å². The van der Waals surface area contributed by atoms with Gasteiger partial charge in [0.25, 0.3) is 5.91 Å². The van der Waals surface area contributed by atoms with Crippen molar-refractivity contribution in [1.82, 2.24) is 24.2 Å². The number of anilines is 2. The smallest absolute Gasteiger partial charge is 0.251 e. The van der Waals surface area contributed by atoms with Crippen molar-refractivity contribution in [2.24, 2.45) is 7.05 Å². The molecule has 2 aliphatic heterocycles. The summed E-state index contributed by atoms with van der Waals surface area (Å²) in [4.78, 5) is 36.4. The van der Waals surface area contributed by atoms with Gasteiger partial charge in [0.2, 0.25) is 5.43 Å². The monoisotopic (exact) mass is 563 g/mol. The number of hydrogen-bond acceptors (Lipinski definition) is 6. The molecule has 216 valence electrons. The average molecular weight is 564 g/mol. The van der Waals surface area contributed by atoms with Crippen LogP contribution in [-0.4, -0.2) is 70.1 Å². The van der Waals surface area contributed by atoms with Crippen LogP contribution in [-0.2, 0) is 7.05 Å². The first-order valence-corrected chi connectivity index (χ1v) is 15.1. The fraction of sp³-hybridized carbons (Fsp3) is 0.364. The Balaban J connectivity index is 1.20. The molecule has 9 nitrogen and oxygen atoms in total. The van der Waals surface area contributed by atoms with E-state index in [1.54, 1.807) is 0 Å². The van der Waals surface area contributed by atoms with E-state index in [4.69, 9.17) is 4.98 Å². The Morgan fingerprint density at radius 2 is 1.62 bits per heavy atom. The summed E-state index contributed by atoms with van der Waals surface area (Å²) in [6.45, 7) is 5.46. The van der Waals surface area contributed by atoms with Gasteiger partial charge in [0, 0.05) is 44.8 Å². The summed E-state index contributed by atoms with van der Waals surface area (Å²) >= 11 is 0. The van der Waals surface area contributed by atoms with Crippen molar-refractivity contribution in [2.45, 2.75) is 31.7 Å². The molecule has 7 rings (SSSR count). The zero-order valence-electron chi connectivity index (χ0n) is 24.1. The number of aromatic nitrogens is 3. The molecule has 2 aromatic carbocycles. The molecule has 2 fully saturated rings. The first-order valence-electron chi connectivity index (χ1n) is 15.1. The molecule has 5 heterocycles. The number of nitrogens with zero attached hydrogens (tertiary/aromatic N) is 5. The molecular weight excluding hydrogens is 526 g/mol. The topological polar surface area (TPSA) is 86.9 Å². The summed E-state index contributed by atoms with van der Waals surface area (Å²) in [6.07, 6.45) is 4.17. The van der Waals surface area contributed by atoms with Crippen molar-refractivity contribution in [3.8, 4) is 0 Å². The first-order chi connectivity index (χ1) is 20.6. The third kappa shape index (κ3) is 4.77. The van der Waals surface area contributed by atoms with Gasteiger partial charge in [-0.15, -0.1) is 0 Å². The molecule has 2 N–H and O–H groups in total. The predicted octanol–water partition coefficient (Wildman–Crippen LogP) is 4.25. The number of aryl methyl sites for hydroxylation is 1. The lowest BCUT2D eigenvalue weighted by atomic mass is 10.0. The molecule has 3 aromatic heterocycles. The molecule has 42 heavy (non-hydrogen) atoms. The molecule has 0 atom stereocenters. The Hall–Kier alpha value is -4.37. The number of pyridine rings is 2. The highest BCUT2D eigenvalue weighted by molar-refractivity contribution is 5.96. The molecule has 0 saturated carbocycles. The number of rotatable bonds is 7. The highest BCUT2D eigenvalue weighted by Crippen LogP contribution is 2.29. The van der Waals surface area contributed by atoms with Crippen LogP contribution in [0.5, 0.6) is 0 Å². The van der Waals surface area contributed by atoms with E-state index in [2.05, 4.69) is 41.5 Å². The summed E-state index contributed by atoms with van der Waals surface area (Å²) < 4.78 is 4.24. The van der Waals surface area contributed by atoms with Crippen molar-refractivity contribution in [3.05, 3.63) is 82.5 Å². The zero-order valence-corrected chi connectivity index (χ0v) is 24.1. The second kappa shape index (κ2) is 11.1. The lowest BCUT2D eigenvalue weighted by molar-refractivity contribution is 0.0931. The summed E-state index contributed by atoms with van der Waals surface area (Å²) in [7, 11) is 2.02. The minimum Gasteiger partial charge on any atom is -0.378 e. The summed E-state index contributed by atoms with van der Waals surface area (Å²) in [5.74, 6) is 0.826. The van der Waals surface area contributed by atoms with Crippen molar-refractivity contribution < 1.29 is 4.79 Å². The quantitative estimate of drug-likeness (QED) is 0.308. The predicted molar refractivity (Wildman–Crippen MR) is 169 cm³/mol.